The molecular weight excluding hydrogens is 384 g/mol. The van der Waals surface area contributed by atoms with E-state index in [0.29, 0.717) is 12.3 Å². The first-order valence-electron chi connectivity index (χ1n) is 11.3. The summed E-state index contributed by atoms with van der Waals surface area (Å²) in [5, 5.41) is 28.9. The van der Waals surface area contributed by atoms with Crippen LogP contribution in [0.15, 0.2) is 23.8 Å². The maximum Gasteiger partial charge on any atom is 0.308 e. The van der Waals surface area contributed by atoms with Crippen molar-refractivity contribution in [1.82, 2.24) is 0 Å². The fourth-order valence-corrected chi connectivity index (χ4v) is 4.76. The Bertz CT molecular complexity index is 654. The summed E-state index contributed by atoms with van der Waals surface area (Å²) in [6, 6.07) is 0. The molecule has 30 heavy (non-hydrogen) atoms. The molecule has 2 aliphatic rings. The molecule has 6 heteroatoms. The predicted octanol–water partition coefficient (Wildman–Crippen LogP) is 3.72. The molecule has 0 aromatic rings. The maximum atomic E-state index is 12.5. The van der Waals surface area contributed by atoms with E-state index >= 15 is 0 Å². The summed E-state index contributed by atoms with van der Waals surface area (Å²) in [7, 11) is 0. The van der Waals surface area contributed by atoms with Crippen molar-refractivity contribution in [3.63, 3.8) is 0 Å². The Balaban J connectivity index is 2.09. The average molecular weight is 423 g/mol. The molecule has 170 valence electrons. The lowest BCUT2D eigenvalue weighted by Crippen LogP contribution is -2.41. The zero-order chi connectivity index (χ0) is 22.4. The summed E-state index contributed by atoms with van der Waals surface area (Å²) in [6.45, 7) is 8.16. The molecule has 0 aromatic heterocycles. The number of rotatable bonds is 10. The highest BCUT2D eigenvalue weighted by Gasteiger charge is 2.41. The lowest BCUT2D eigenvalue weighted by molar-refractivity contribution is -0.158. The van der Waals surface area contributed by atoms with Gasteiger partial charge in [0.25, 0.3) is 0 Å². The number of allylic oxidation sites excluding steroid dienone is 3. The number of hydrogen-bond donors (Lipinski definition) is 3. The summed E-state index contributed by atoms with van der Waals surface area (Å²) in [5.41, 5.74) is 1.21. The summed E-state index contributed by atoms with van der Waals surface area (Å²) >= 11 is 0. The van der Waals surface area contributed by atoms with Crippen LogP contribution in [0.5, 0.6) is 0 Å². The van der Waals surface area contributed by atoms with Gasteiger partial charge in [-0.1, -0.05) is 45.9 Å². The van der Waals surface area contributed by atoms with Crippen LogP contribution in [0.1, 0.15) is 66.2 Å². The van der Waals surface area contributed by atoms with Gasteiger partial charge in [0.05, 0.1) is 24.5 Å². The van der Waals surface area contributed by atoms with Gasteiger partial charge in [-0.2, -0.15) is 0 Å². The van der Waals surface area contributed by atoms with Gasteiger partial charge in [-0.05, 0) is 55.4 Å². The summed E-state index contributed by atoms with van der Waals surface area (Å²) in [6.07, 6.45) is 7.07. The van der Waals surface area contributed by atoms with Crippen LogP contribution in [0, 0.1) is 29.6 Å². The summed E-state index contributed by atoms with van der Waals surface area (Å²) < 4.78 is 6.00. The molecule has 0 unspecified atom stereocenters. The Morgan fingerprint density at radius 3 is 2.57 bits per heavy atom. The smallest absolute Gasteiger partial charge is 0.308 e. The highest BCUT2D eigenvalue weighted by molar-refractivity contribution is 5.72. The number of carbonyl (C=O) groups is 2. The topological polar surface area (TPSA) is 104 Å². The SMILES string of the molecule is CC[C@H](C)C(=O)O[C@H]1C[C@@H](C)C=C2C=C[C@@H](C)[C@@H](CC[C@@H](O)C[C@@H](O)CC(=O)O)[C@H]21. The zero-order valence-electron chi connectivity index (χ0n) is 18.7. The fraction of sp³-hybridized carbons (Fsp3) is 0.750. The van der Waals surface area contributed by atoms with Gasteiger partial charge in [-0.3, -0.25) is 9.59 Å². The van der Waals surface area contributed by atoms with E-state index < -0.39 is 18.2 Å². The van der Waals surface area contributed by atoms with Gasteiger partial charge in [-0.25, -0.2) is 0 Å². The standard InChI is InChI=1S/C24H38O6/c1-5-15(3)24(29)30-21-11-14(2)10-17-7-6-16(4)20(23(17)21)9-8-18(25)12-19(26)13-22(27)28/h6-7,10,14-16,18-21,23,25-26H,5,8-9,11-13H2,1-4H3,(H,27,28)/t14-,15-,16+,18+,19+,20+,21-,23-/m0/s1. The fourth-order valence-electron chi connectivity index (χ4n) is 4.76. The minimum Gasteiger partial charge on any atom is -0.481 e. The van der Waals surface area contributed by atoms with E-state index in [9.17, 15) is 19.8 Å². The lowest BCUT2D eigenvalue weighted by atomic mass is 9.65. The number of carboxylic acid groups (broad SMARTS) is 1. The largest absolute Gasteiger partial charge is 0.481 e. The first kappa shape index (κ1) is 24.6. The predicted molar refractivity (Wildman–Crippen MR) is 115 cm³/mol. The van der Waals surface area contributed by atoms with Crippen molar-refractivity contribution >= 4 is 11.9 Å². The normalized spacial score (nSPS) is 31.3. The quantitative estimate of drug-likeness (QED) is 0.464. The van der Waals surface area contributed by atoms with E-state index in [2.05, 4.69) is 32.1 Å². The minimum atomic E-state index is -1.07. The molecule has 0 amide bonds. The lowest BCUT2D eigenvalue weighted by Gasteiger charge is -2.43. The Kier molecular flexibility index (Phi) is 9.10. The second-order valence-corrected chi connectivity index (χ2v) is 9.29. The van der Waals surface area contributed by atoms with Gasteiger partial charge in [0.2, 0.25) is 0 Å². The molecule has 2 rings (SSSR count). The highest BCUT2D eigenvalue weighted by atomic mass is 16.5. The number of carboxylic acids is 1. The minimum absolute atomic E-state index is 0.0556. The third-order valence-electron chi connectivity index (χ3n) is 6.67. The van der Waals surface area contributed by atoms with Gasteiger partial charge < -0.3 is 20.1 Å². The van der Waals surface area contributed by atoms with E-state index in [1.807, 2.05) is 13.8 Å². The van der Waals surface area contributed by atoms with Crippen LogP contribution < -0.4 is 0 Å². The Hall–Kier alpha value is -1.66. The zero-order valence-corrected chi connectivity index (χ0v) is 18.7. The monoisotopic (exact) mass is 422 g/mol. The van der Waals surface area contributed by atoms with Gasteiger partial charge in [0, 0.05) is 5.92 Å². The average Bonchev–Trinajstić information content (AvgIpc) is 2.65. The molecule has 0 heterocycles. The van der Waals surface area contributed by atoms with Crippen LogP contribution in [0.3, 0.4) is 0 Å². The summed E-state index contributed by atoms with van der Waals surface area (Å²) in [4.78, 5) is 23.2. The Labute approximate surface area is 180 Å². The maximum absolute atomic E-state index is 12.5. The summed E-state index contributed by atoms with van der Waals surface area (Å²) in [5.74, 6) is -0.406. The number of carbonyl (C=O) groups excluding carboxylic acids is 1. The molecule has 0 radical (unpaired) electrons. The van der Waals surface area contributed by atoms with Crippen LogP contribution in [0.2, 0.25) is 0 Å². The first-order chi connectivity index (χ1) is 14.1. The molecule has 8 atom stereocenters. The van der Waals surface area contributed by atoms with Crippen LogP contribution in [0.25, 0.3) is 0 Å². The highest BCUT2D eigenvalue weighted by Crippen LogP contribution is 2.45. The molecule has 3 N–H and O–H groups in total. The molecule has 0 aliphatic heterocycles. The Morgan fingerprint density at radius 2 is 1.93 bits per heavy atom. The number of fused-ring (bicyclic) bond motifs is 1. The third-order valence-corrected chi connectivity index (χ3v) is 6.67. The van der Waals surface area contributed by atoms with Gasteiger partial charge in [0.1, 0.15) is 6.10 Å². The van der Waals surface area contributed by atoms with E-state index in [4.69, 9.17) is 9.84 Å². The number of ether oxygens (including phenoxy) is 1. The van der Waals surface area contributed by atoms with Crippen molar-refractivity contribution in [3.05, 3.63) is 23.8 Å². The Morgan fingerprint density at radius 1 is 1.23 bits per heavy atom. The molecule has 6 nitrogen and oxygen atoms in total. The van der Waals surface area contributed by atoms with Crippen molar-refractivity contribution < 1.29 is 29.6 Å². The molecule has 0 aromatic carbocycles. The van der Waals surface area contributed by atoms with Crippen molar-refractivity contribution in [1.29, 1.82) is 0 Å². The van der Waals surface area contributed by atoms with Crippen LogP contribution in [0.4, 0.5) is 0 Å². The van der Waals surface area contributed by atoms with Crippen LogP contribution >= 0.6 is 0 Å². The molecule has 2 aliphatic carbocycles. The van der Waals surface area contributed by atoms with E-state index in [1.165, 1.54) is 5.57 Å². The third kappa shape index (κ3) is 6.67. The van der Waals surface area contributed by atoms with Crippen LogP contribution in [-0.2, 0) is 14.3 Å². The number of aliphatic carboxylic acids is 1. The number of esters is 1. The molecule has 0 fully saturated rings. The number of aliphatic hydroxyl groups is 2. The van der Waals surface area contributed by atoms with E-state index in [-0.39, 0.29) is 48.6 Å². The molecule has 0 bridgehead atoms. The number of hydrogen-bond acceptors (Lipinski definition) is 5. The van der Waals surface area contributed by atoms with Crippen molar-refractivity contribution in [2.45, 2.75) is 84.5 Å². The second-order valence-electron chi connectivity index (χ2n) is 9.29. The molecule has 0 spiro atoms. The first-order valence-corrected chi connectivity index (χ1v) is 11.3. The van der Waals surface area contributed by atoms with E-state index in [0.717, 1.165) is 19.3 Å². The molecular formula is C24H38O6. The van der Waals surface area contributed by atoms with E-state index in [1.54, 1.807) is 0 Å². The molecule has 0 saturated heterocycles. The number of aliphatic hydroxyl groups excluding tert-OH is 2. The van der Waals surface area contributed by atoms with Crippen molar-refractivity contribution in [2.24, 2.45) is 29.6 Å². The van der Waals surface area contributed by atoms with Gasteiger partial charge >= 0.3 is 11.9 Å². The van der Waals surface area contributed by atoms with Gasteiger partial charge in [0.15, 0.2) is 0 Å². The van der Waals surface area contributed by atoms with Crippen molar-refractivity contribution in [2.75, 3.05) is 0 Å². The second kappa shape index (κ2) is 11.1. The van der Waals surface area contributed by atoms with Crippen molar-refractivity contribution in [3.8, 4) is 0 Å². The molecule has 0 saturated carbocycles. The van der Waals surface area contributed by atoms with Gasteiger partial charge in [-0.15, -0.1) is 0 Å². The van der Waals surface area contributed by atoms with Crippen LogP contribution in [-0.4, -0.2) is 45.6 Å².